The molecule has 3 aromatic carbocycles. The third kappa shape index (κ3) is 10.3. The SMILES string of the molecule is [C-]#[N+]c1ccc(N2C(=O)OC[C@@H]2C(C)O[Si](C)(C)C)c(C)c1C.[C-]#[N+]c1ccc(N2C(=O)OC[C@@H]2[C@@H](C)O)c(C)c1C.[C-]#[N+]c1ccc(N2C(=O)OC[C@@H]2[C@H](C)O)c(C)c1C. The summed E-state index contributed by atoms with van der Waals surface area (Å²) in [5.41, 5.74) is 9.18. The highest BCUT2D eigenvalue weighted by atomic mass is 28.4. The molecule has 1 unspecified atom stereocenters. The van der Waals surface area contributed by atoms with E-state index >= 15 is 0 Å². The number of hydrogen-bond acceptors (Lipinski definition) is 9. The molecule has 0 radical (unpaired) electrons. The lowest BCUT2D eigenvalue weighted by Crippen LogP contribution is -2.46. The van der Waals surface area contributed by atoms with Crippen molar-refractivity contribution < 1.29 is 43.2 Å². The number of carbonyl (C=O) groups is 3. The highest BCUT2D eigenvalue weighted by molar-refractivity contribution is 6.69. The van der Waals surface area contributed by atoms with Gasteiger partial charge in [0.25, 0.3) is 0 Å². The molecule has 6 atom stereocenters. The van der Waals surface area contributed by atoms with Crippen molar-refractivity contribution >= 4 is 60.7 Å². The van der Waals surface area contributed by atoms with Crippen molar-refractivity contribution in [2.24, 2.45) is 0 Å². The van der Waals surface area contributed by atoms with E-state index in [4.69, 9.17) is 38.4 Å². The van der Waals surface area contributed by atoms with Gasteiger partial charge in [0.15, 0.2) is 25.4 Å². The first-order chi connectivity index (χ1) is 28.6. The summed E-state index contributed by atoms with van der Waals surface area (Å²) in [5.74, 6) is 0. The average Bonchev–Trinajstić information content (AvgIpc) is 3.90. The summed E-state index contributed by atoms with van der Waals surface area (Å²) < 4.78 is 21.5. The molecule has 0 saturated carbocycles. The Balaban J connectivity index is 0.000000203. The minimum absolute atomic E-state index is 0.103. The Bertz CT molecular complexity index is 2190. The predicted octanol–water partition coefficient (Wildman–Crippen LogP) is 9.54. The third-order valence-electron chi connectivity index (χ3n) is 11.2. The van der Waals surface area contributed by atoms with Gasteiger partial charge in [0.1, 0.15) is 31.9 Å². The number of nitrogens with zero attached hydrogens (tertiary/aromatic N) is 6. The number of carbonyl (C=O) groups excluding carboxylic acids is 3. The molecule has 15 nitrogen and oxygen atoms in total. The monoisotopic (exact) mass is 852 g/mol. The van der Waals surface area contributed by atoms with Crippen LogP contribution in [0.5, 0.6) is 0 Å². The zero-order valence-corrected chi connectivity index (χ0v) is 38.0. The molecule has 0 aliphatic carbocycles. The third-order valence-corrected chi connectivity index (χ3v) is 12.3. The Hall–Kier alpha value is -5.96. The zero-order valence-electron chi connectivity index (χ0n) is 37.0. The Morgan fingerprint density at radius 3 is 1.10 bits per heavy atom. The molecular formula is C45H56N6O9Si. The van der Waals surface area contributed by atoms with E-state index in [0.29, 0.717) is 35.0 Å². The van der Waals surface area contributed by atoms with Crippen LogP contribution in [0.25, 0.3) is 14.5 Å². The molecule has 3 aromatic rings. The molecule has 3 saturated heterocycles. The number of rotatable bonds is 8. The molecule has 2 N–H and O–H groups in total. The Morgan fingerprint density at radius 2 is 0.836 bits per heavy atom. The van der Waals surface area contributed by atoms with Crippen LogP contribution in [0.2, 0.25) is 19.6 Å². The summed E-state index contributed by atoms with van der Waals surface area (Å²) in [6.07, 6.45) is -2.71. The fourth-order valence-corrected chi connectivity index (χ4v) is 8.63. The number of anilines is 3. The number of aliphatic hydroxyl groups is 2. The van der Waals surface area contributed by atoms with Crippen molar-refractivity contribution in [3.05, 3.63) is 104 Å². The largest absolute Gasteiger partial charge is 0.447 e. The van der Waals surface area contributed by atoms with Gasteiger partial charge in [-0.3, -0.25) is 14.7 Å². The maximum absolute atomic E-state index is 12.3. The summed E-state index contributed by atoms with van der Waals surface area (Å²) in [6.45, 7) is 45.0. The smallest absolute Gasteiger partial charge is 0.414 e. The number of ether oxygens (including phenoxy) is 3. The van der Waals surface area contributed by atoms with E-state index in [1.165, 1.54) is 9.80 Å². The molecule has 16 heteroatoms. The van der Waals surface area contributed by atoms with Crippen molar-refractivity contribution in [2.45, 2.75) is 118 Å². The van der Waals surface area contributed by atoms with E-state index in [9.17, 15) is 24.6 Å². The Kier molecular flexibility index (Phi) is 15.3. The number of hydrogen-bond donors (Lipinski definition) is 2. The van der Waals surface area contributed by atoms with Gasteiger partial charge in [0, 0.05) is 17.1 Å². The maximum atomic E-state index is 12.3. The molecule has 6 rings (SSSR count). The van der Waals surface area contributed by atoms with E-state index in [1.807, 2.05) is 54.5 Å². The first-order valence-corrected chi connectivity index (χ1v) is 23.4. The molecule has 3 aliphatic rings. The Morgan fingerprint density at radius 1 is 0.557 bits per heavy atom. The zero-order chi connectivity index (χ0) is 45.7. The van der Waals surface area contributed by atoms with Gasteiger partial charge < -0.3 is 28.8 Å². The highest BCUT2D eigenvalue weighted by Crippen LogP contribution is 2.37. The van der Waals surface area contributed by atoms with Crippen LogP contribution in [-0.2, 0) is 18.6 Å². The van der Waals surface area contributed by atoms with Crippen LogP contribution in [0.1, 0.15) is 54.2 Å². The summed E-state index contributed by atoms with van der Waals surface area (Å²) in [4.78, 5) is 51.0. The quantitative estimate of drug-likeness (QED) is 0.128. The van der Waals surface area contributed by atoms with Crippen LogP contribution in [0.3, 0.4) is 0 Å². The van der Waals surface area contributed by atoms with Gasteiger partial charge in [-0.25, -0.2) is 28.9 Å². The lowest BCUT2D eigenvalue weighted by molar-refractivity contribution is 0.141. The molecule has 0 bridgehead atoms. The molecule has 0 aromatic heterocycles. The highest BCUT2D eigenvalue weighted by Gasteiger charge is 2.41. The summed E-state index contributed by atoms with van der Waals surface area (Å²) >= 11 is 0. The van der Waals surface area contributed by atoms with Crippen LogP contribution in [-0.4, -0.2) is 93.1 Å². The van der Waals surface area contributed by atoms with Crippen LogP contribution in [0.4, 0.5) is 48.5 Å². The topological polar surface area (TPSA) is 151 Å². The van der Waals surface area contributed by atoms with Crippen LogP contribution in [0.15, 0.2) is 36.4 Å². The minimum Gasteiger partial charge on any atom is -0.447 e. The van der Waals surface area contributed by atoms with Gasteiger partial charge in [0.05, 0.1) is 44.1 Å². The van der Waals surface area contributed by atoms with Crippen LogP contribution >= 0.6 is 0 Å². The van der Waals surface area contributed by atoms with Crippen molar-refractivity contribution in [3.8, 4) is 0 Å². The normalized spacial score (nSPS) is 19.8. The second kappa shape index (κ2) is 19.6. The van der Waals surface area contributed by atoms with Gasteiger partial charge in [0.2, 0.25) is 0 Å². The summed E-state index contributed by atoms with van der Waals surface area (Å²) in [6, 6.07) is 9.52. The lowest BCUT2D eigenvalue weighted by atomic mass is 10.0. The van der Waals surface area contributed by atoms with E-state index in [0.717, 1.165) is 39.1 Å². The summed E-state index contributed by atoms with van der Waals surface area (Å²) in [5, 5.41) is 19.5. The van der Waals surface area contributed by atoms with Gasteiger partial charge in [-0.15, -0.1) is 0 Å². The van der Waals surface area contributed by atoms with Crippen molar-refractivity contribution in [3.63, 3.8) is 0 Å². The molecule has 3 fully saturated rings. The van der Waals surface area contributed by atoms with E-state index in [1.54, 1.807) is 49.1 Å². The van der Waals surface area contributed by atoms with E-state index in [2.05, 4.69) is 34.2 Å². The fraction of sp³-hybridized carbons (Fsp3) is 0.467. The second-order valence-electron chi connectivity index (χ2n) is 16.4. The van der Waals surface area contributed by atoms with E-state index in [-0.39, 0.29) is 43.5 Å². The van der Waals surface area contributed by atoms with Crippen molar-refractivity contribution in [2.75, 3.05) is 34.5 Å². The van der Waals surface area contributed by atoms with Crippen molar-refractivity contribution in [1.29, 1.82) is 0 Å². The number of benzene rings is 3. The predicted molar refractivity (Wildman–Crippen MR) is 237 cm³/mol. The first-order valence-electron chi connectivity index (χ1n) is 19.9. The molecule has 3 aliphatic heterocycles. The molecule has 3 amide bonds. The second-order valence-corrected chi connectivity index (χ2v) is 20.8. The molecule has 3 heterocycles. The van der Waals surface area contributed by atoms with Gasteiger partial charge in [-0.2, -0.15) is 0 Å². The fourth-order valence-electron chi connectivity index (χ4n) is 7.35. The number of cyclic esters (lactones) is 3. The Labute approximate surface area is 360 Å². The standard InChI is InChI=1S/C17H24N2O3Si.2C14H16N2O3/c1-11-12(2)15(9-8-14(11)18-4)19-16(10-21-17(19)20)13(3)22-23(5,6)7;2*1-8-9(2)12(6-5-11(8)15-4)16-13(10(3)17)7-19-14(16)18/h8-9,13,16H,10H2,1-3,5-7H3;2*5-6,10,13,17H,7H2,1-3H3/t13?,16-;10-,13+;10-,13-/m101/s1. The molecule has 61 heavy (non-hydrogen) atoms. The summed E-state index contributed by atoms with van der Waals surface area (Å²) in [7, 11) is -1.71. The average molecular weight is 853 g/mol. The molecule has 0 spiro atoms. The first kappa shape index (κ1) is 47.7. The number of aliphatic hydroxyl groups excluding tert-OH is 2. The number of amides is 3. The van der Waals surface area contributed by atoms with Crippen molar-refractivity contribution in [1.82, 2.24) is 0 Å². The van der Waals surface area contributed by atoms with Gasteiger partial charge in [-0.1, -0.05) is 18.2 Å². The minimum atomic E-state index is -1.71. The lowest BCUT2D eigenvalue weighted by Gasteiger charge is -2.32. The van der Waals surface area contributed by atoms with Gasteiger partial charge in [-0.05, 0) is 134 Å². The van der Waals surface area contributed by atoms with Gasteiger partial charge >= 0.3 is 18.3 Å². The van der Waals surface area contributed by atoms with Crippen LogP contribution < -0.4 is 14.7 Å². The molecular weight excluding hydrogens is 797 g/mol. The van der Waals surface area contributed by atoms with Crippen LogP contribution in [0, 0.1) is 61.3 Å². The van der Waals surface area contributed by atoms with E-state index < -0.39 is 32.7 Å². The molecule has 324 valence electrons. The maximum Gasteiger partial charge on any atom is 0.414 e.